The standard InChI is InChI=1S/C15H21F3N2O3/c1-11-6-19(7-12(2)23-11)9-14(21)20(10-15(16,17)18)8-13-4-3-5-22-13/h3-5,11-12H,6-10H2,1-2H3. The van der Waals surface area contributed by atoms with Gasteiger partial charge in [-0.25, -0.2) is 0 Å². The van der Waals surface area contributed by atoms with Crippen LogP contribution in [0, 0.1) is 0 Å². The Labute approximate surface area is 133 Å². The van der Waals surface area contributed by atoms with Gasteiger partial charge in [-0.1, -0.05) is 0 Å². The zero-order valence-corrected chi connectivity index (χ0v) is 13.2. The molecule has 0 spiro atoms. The van der Waals surface area contributed by atoms with Crippen LogP contribution in [0.2, 0.25) is 0 Å². The highest BCUT2D eigenvalue weighted by molar-refractivity contribution is 5.78. The van der Waals surface area contributed by atoms with Crippen molar-refractivity contribution in [3.8, 4) is 0 Å². The summed E-state index contributed by atoms with van der Waals surface area (Å²) in [6, 6.07) is 3.13. The summed E-state index contributed by atoms with van der Waals surface area (Å²) in [7, 11) is 0. The minimum Gasteiger partial charge on any atom is -0.467 e. The molecule has 0 radical (unpaired) electrons. The fourth-order valence-electron chi connectivity index (χ4n) is 2.74. The van der Waals surface area contributed by atoms with Gasteiger partial charge in [-0.3, -0.25) is 9.69 Å². The molecule has 2 atom stereocenters. The molecule has 0 saturated carbocycles. The molecule has 8 heteroatoms. The van der Waals surface area contributed by atoms with Crippen molar-refractivity contribution in [2.24, 2.45) is 0 Å². The number of ether oxygens (including phenoxy) is 1. The van der Waals surface area contributed by atoms with Crippen LogP contribution in [0.3, 0.4) is 0 Å². The third kappa shape index (κ3) is 5.87. The Morgan fingerprint density at radius 2 is 2.00 bits per heavy atom. The number of alkyl halides is 3. The summed E-state index contributed by atoms with van der Waals surface area (Å²) in [4.78, 5) is 14.9. The van der Waals surface area contributed by atoms with Crippen LogP contribution in [0.15, 0.2) is 22.8 Å². The van der Waals surface area contributed by atoms with Crippen molar-refractivity contribution in [3.63, 3.8) is 0 Å². The Balaban J connectivity index is 2.00. The lowest BCUT2D eigenvalue weighted by atomic mass is 10.2. The van der Waals surface area contributed by atoms with Crippen molar-refractivity contribution in [2.75, 3.05) is 26.2 Å². The largest absolute Gasteiger partial charge is 0.467 e. The molecule has 23 heavy (non-hydrogen) atoms. The second-order valence-corrected chi connectivity index (χ2v) is 5.90. The molecule has 1 aromatic rings. The van der Waals surface area contributed by atoms with Crippen LogP contribution in [0.1, 0.15) is 19.6 Å². The Bertz CT molecular complexity index is 495. The topological polar surface area (TPSA) is 45.9 Å². The Hall–Kier alpha value is -1.54. The lowest BCUT2D eigenvalue weighted by Gasteiger charge is -2.36. The number of amides is 1. The summed E-state index contributed by atoms with van der Waals surface area (Å²) in [5.74, 6) is -0.244. The van der Waals surface area contributed by atoms with Gasteiger partial charge in [-0.15, -0.1) is 0 Å². The first-order chi connectivity index (χ1) is 10.7. The maximum Gasteiger partial charge on any atom is 0.406 e. The zero-order chi connectivity index (χ0) is 17.0. The number of morpholine rings is 1. The molecule has 2 unspecified atom stereocenters. The van der Waals surface area contributed by atoms with Gasteiger partial charge in [0.1, 0.15) is 12.3 Å². The number of carbonyl (C=O) groups excluding carboxylic acids is 1. The molecule has 0 aliphatic carbocycles. The minimum absolute atomic E-state index is 0.0484. The Morgan fingerprint density at radius 1 is 1.35 bits per heavy atom. The lowest BCUT2D eigenvalue weighted by molar-refractivity contribution is -0.164. The normalized spacial score (nSPS) is 23.0. The molecule has 1 amide bonds. The van der Waals surface area contributed by atoms with Crippen molar-refractivity contribution in [2.45, 2.75) is 38.8 Å². The maximum absolute atomic E-state index is 12.7. The number of rotatable bonds is 5. The van der Waals surface area contributed by atoms with Gasteiger partial charge in [0.15, 0.2) is 0 Å². The van der Waals surface area contributed by atoms with Crippen molar-refractivity contribution >= 4 is 5.91 Å². The molecule has 0 bridgehead atoms. The van der Waals surface area contributed by atoms with Gasteiger partial charge in [0.05, 0.1) is 31.6 Å². The summed E-state index contributed by atoms with van der Waals surface area (Å²) < 4.78 is 48.8. The predicted octanol–water partition coefficient (Wildman–Crippen LogP) is 2.28. The van der Waals surface area contributed by atoms with E-state index in [0.29, 0.717) is 18.8 Å². The van der Waals surface area contributed by atoms with Crippen molar-refractivity contribution in [1.82, 2.24) is 9.80 Å². The minimum atomic E-state index is -4.45. The smallest absolute Gasteiger partial charge is 0.406 e. The molecular formula is C15H21F3N2O3. The van der Waals surface area contributed by atoms with Crippen LogP contribution in [0.25, 0.3) is 0 Å². The van der Waals surface area contributed by atoms with Crippen LogP contribution in [0.4, 0.5) is 13.2 Å². The Kier molecular flexibility index (Phi) is 5.69. The second-order valence-electron chi connectivity index (χ2n) is 5.90. The summed E-state index contributed by atoms with van der Waals surface area (Å²) in [6.07, 6.45) is -3.18. The van der Waals surface area contributed by atoms with E-state index in [-0.39, 0.29) is 25.3 Å². The van der Waals surface area contributed by atoms with Crippen molar-refractivity contribution < 1.29 is 27.1 Å². The van der Waals surface area contributed by atoms with E-state index in [1.54, 1.807) is 12.1 Å². The highest BCUT2D eigenvalue weighted by Gasteiger charge is 2.34. The first-order valence-electron chi connectivity index (χ1n) is 7.47. The molecule has 0 N–H and O–H groups in total. The molecule has 1 saturated heterocycles. The van der Waals surface area contributed by atoms with Gasteiger partial charge >= 0.3 is 6.18 Å². The molecule has 130 valence electrons. The van der Waals surface area contributed by atoms with E-state index in [1.165, 1.54) is 6.26 Å². The van der Waals surface area contributed by atoms with Crippen LogP contribution in [-0.4, -0.2) is 60.3 Å². The third-order valence-electron chi connectivity index (χ3n) is 3.50. The molecular weight excluding hydrogens is 313 g/mol. The maximum atomic E-state index is 12.7. The SMILES string of the molecule is CC1CN(CC(=O)N(Cc2ccco2)CC(F)(F)F)CC(C)O1. The van der Waals surface area contributed by atoms with E-state index >= 15 is 0 Å². The quantitative estimate of drug-likeness (QED) is 0.829. The first kappa shape index (κ1) is 17.8. The number of hydrogen-bond acceptors (Lipinski definition) is 4. The van der Waals surface area contributed by atoms with Gasteiger partial charge in [-0.2, -0.15) is 13.2 Å². The number of furan rings is 1. The summed E-state index contributed by atoms with van der Waals surface area (Å²) in [6.45, 7) is 3.26. The fraction of sp³-hybridized carbons (Fsp3) is 0.667. The lowest BCUT2D eigenvalue weighted by Crippen LogP contribution is -2.50. The van der Waals surface area contributed by atoms with Crippen LogP contribution in [-0.2, 0) is 16.1 Å². The second kappa shape index (κ2) is 7.35. The van der Waals surface area contributed by atoms with Gasteiger partial charge in [0.25, 0.3) is 0 Å². The number of hydrogen-bond donors (Lipinski definition) is 0. The van der Waals surface area contributed by atoms with Crippen molar-refractivity contribution in [3.05, 3.63) is 24.2 Å². The average molecular weight is 334 g/mol. The molecule has 2 heterocycles. The van der Waals surface area contributed by atoms with Crippen LogP contribution >= 0.6 is 0 Å². The van der Waals surface area contributed by atoms with Gasteiger partial charge < -0.3 is 14.1 Å². The molecule has 1 aromatic heterocycles. The predicted molar refractivity (Wildman–Crippen MR) is 76.6 cm³/mol. The van der Waals surface area contributed by atoms with E-state index in [2.05, 4.69) is 0 Å². The molecule has 1 aliphatic rings. The zero-order valence-electron chi connectivity index (χ0n) is 13.2. The highest BCUT2D eigenvalue weighted by atomic mass is 19.4. The van der Waals surface area contributed by atoms with E-state index in [9.17, 15) is 18.0 Å². The number of carbonyl (C=O) groups is 1. The molecule has 0 aromatic carbocycles. The monoisotopic (exact) mass is 334 g/mol. The first-order valence-corrected chi connectivity index (χ1v) is 7.47. The van der Waals surface area contributed by atoms with Crippen LogP contribution in [0.5, 0.6) is 0 Å². The Morgan fingerprint density at radius 3 is 2.52 bits per heavy atom. The number of nitrogens with zero attached hydrogens (tertiary/aromatic N) is 2. The van der Waals surface area contributed by atoms with E-state index in [4.69, 9.17) is 9.15 Å². The third-order valence-corrected chi connectivity index (χ3v) is 3.50. The number of halogens is 3. The van der Waals surface area contributed by atoms with E-state index in [1.807, 2.05) is 18.7 Å². The highest BCUT2D eigenvalue weighted by Crippen LogP contribution is 2.19. The molecule has 1 aliphatic heterocycles. The molecule has 1 fully saturated rings. The van der Waals surface area contributed by atoms with E-state index < -0.39 is 18.6 Å². The van der Waals surface area contributed by atoms with Crippen molar-refractivity contribution in [1.29, 1.82) is 0 Å². The average Bonchev–Trinajstić information content (AvgIpc) is 2.87. The van der Waals surface area contributed by atoms with Gasteiger partial charge in [0, 0.05) is 13.1 Å². The van der Waals surface area contributed by atoms with Gasteiger partial charge in [0.2, 0.25) is 5.91 Å². The fourth-order valence-corrected chi connectivity index (χ4v) is 2.74. The molecule has 2 rings (SSSR count). The molecule has 5 nitrogen and oxygen atoms in total. The van der Waals surface area contributed by atoms with Crippen LogP contribution < -0.4 is 0 Å². The summed E-state index contributed by atoms with van der Waals surface area (Å²) in [5, 5.41) is 0. The summed E-state index contributed by atoms with van der Waals surface area (Å²) in [5.41, 5.74) is 0. The van der Waals surface area contributed by atoms with E-state index in [0.717, 1.165) is 4.90 Å². The van der Waals surface area contributed by atoms with Gasteiger partial charge in [-0.05, 0) is 26.0 Å². The summed E-state index contributed by atoms with van der Waals surface area (Å²) >= 11 is 0.